The van der Waals surface area contributed by atoms with Crippen LogP contribution in [0.15, 0.2) is 24.3 Å². The maximum Gasteiger partial charge on any atom is 0.261 e. The number of anilines is 1. The molecule has 2 aromatic rings. The normalized spacial score (nSPS) is 13.9. The molecule has 0 fully saturated rings. The Morgan fingerprint density at radius 2 is 2.05 bits per heavy atom. The number of hydrogen-bond donors (Lipinski definition) is 2. The molecule has 0 saturated heterocycles. The molecule has 1 aliphatic rings. The van der Waals surface area contributed by atoms with Gasteiger partial charge in [0.15, 0.2) is 5.13 Å². The lowest BCUT2D eigenvalue weighted by molar-refractivity contribution is 0.102. The lowest BCUT2D eigenvalue weighted by atomic mass is 10.0. The van der Waals surface area contributed by atoms with Crippen molar-refractivity contribution in [2.75, 3.05) is 5.32 Å². The van der Waals surface area contributed by atoms with E-state index >= 15 is 0 Å². The summed E-state index contributed by atoms with van der Waals surface area (Å²) >= 11 is 1.54. The van der Waals surface area contributed by atoms with Crippen molar-refractivity contribution in [3.8, 4) is 5.75 Å². The Morgan fingerprint density at radius 3 is 2.84 bits per heavy atom. The van der Waals surface area contributed by atoms with Crippen LogP contribution in [-0.2, 0) is 12.8 Å². The van der Waals surface area contributed by atoms with Crippen LogP contribution in [0.1, 0.15) is 33.8 Å². The first-order valence-electron chi connectivity index (χ1n) is 6.32. The zero-order valence-corrected chi connectivity index (χ0v) is 11.2. The zero-order valence-electron chi connectivity index (χ0n) is 10.3. The van der Waals surface area contributed by atoms with E-state index in [1.165, 1.54) is 35.1 Å². The minimum atomic E-state index is -0.316. The summed E-state index contributed by atoms with van der Waals surface area (Å²) in [6.07, 6.45) is 4.42. The van der Waals surface area contributed by atoms with E-state index in [0.29, 0.717) is 5.13 Å². The highest BCUT2D eigenvalue weighted by atomic mass is 32.1. The number of phenols is 1. The van der Waals surface area contributed by atoms with E-state index in [9.17, 15) is 9.90 Å². The van der Waals surface area contributed by atoms with Gasteiger partial charge in [0.1, 0.15) is 5.75 Å². The van der Waals surface area contributed by atoms with Gasteiger partial charge in [-0.3, -0.25) is 10.1 Å². The number of thiazole rings is 1. The Balaban J connectivity index is 1.80. The Labute approximate surface area is 115 Å². The number of amides is 1. The van der Waals surface area contributed by atoms with Gasteiger partial charge in [-0.25, -0.2) is 4.98 Å². The fourth-order valence-corrected chi connectivity index (χ4v) is 3.28. The minimum Gasteiger partial charge on any atom is -0.507 e. The van der Waals surface area contributed by atoms with E-state index < -0.39 is 0 Å². The Bertz CT molecular complexity index is 598. The molecule has 0 unspecified atom stereocenters. The summed E-state index contributed by atoms with van der Waals surface area (Å²) in [5, 5.41) is 13.0. The molecular formula is C14H14N2O2S. The number of aromatic nitrogens is 1. The third-order valence-electron chi connectivity index (χ3n) is 3.21. The molecule has 4 nitrogen and oxygen atoms in total. The smallest absolute Gasteiger partial charge is 0.261 e. The van der Waals surface area contributed by atoms with Crippen LogP contribution in [0.3, 0.4) is 0 Å². The number of fused-ring (bicyclic) bond motifs is 1. The third-order valence-corrected chi connectivity index (χ3v) is 4.29. The van der Waals surface area contributed by atoms with Crippen LogP contribution in [-0.4, -0.2) is 16.0 Å². The second kappa shape index (κ2) is 5.01. The Morgan fingerprint density at radius 1 is 1.26 bits per heavy atom. The first-order valence-corrected chi connectivity index (χ1v) is 7.13. The summed E-state index contributed by atoms with van der Waals surface area (Å²) in [6, 6.07) is 6.51. The van der Waals surface area contributed by atoms with Gasteiger partial charge < -0.3 is 5.11 Å². The van der Waals surface area contributed by atoms with E-state index in [1.807, 2.05) is 0 Å². The van der Waals surface area contributed by atoms with Gasteiger partial charge in [-0.1, -0.05) is 12.1 Å². The van der Waals surface area contributed by atoms with Gasteiger partial charge in [0, 0.05) is 4.88 Å². The van der Waals surface area contributed by atoms with Crippen LogP contribution in [0.2, 0.25) is 0 Å². The van der Waals surface area contributed by atoms with Crippen LogP contribution in [0.25, 0.3) is 0 Å². The number of phenolic OH excluding ortho intramolecular Hbond substituents is 1. The van der Waals surface area contributed by atoms with Crippen molar-refractivity contribution >= 4 is 22.4 Å². The molecule has 1 aromatic heterocycles. The first kappa shape index (κ1) is 12.2. The molecule has 1 amide bonds. The molecule has 0 bridgehead atoms. The van der Waals surface area contributed by atoms with Crippen molar-refractivity contribution in [2.45, 2.75) is 25.7 Å². The third kappa shape index (κ3) is 2.46. The number of aromatic hydroxyl groups is 1. The van der Waals surface area contributed by atoms with Gasteiger partial charge in [-0.05, 0) is 37.8 Å². The zero-order chi connectivity index (χ0) is 13.2. The summed E-state index contributed by atoms with van der Waals surface area (Å²) in [7, 11) is 0. The van der Waals surface area contributed by atoms with E-state index in [4.69, 9.17) is 0 Å². The number of rotatable bonds is 2. The minimum absolute atomic E-state index is 0.0127. The molecular weight excluding hydrogens is 260 g/mol. The van der Waals surface area contributed by atoms with E-state index in [-0.39, 0.29) is 17.2 Å². The van der Waals surface area contributed by atoms with Gasteiger partial charge in [-0.2, -0.15) is 0 Å². The molecule has 0 aliphatic heterocycles. The van der Waals surface area contributed by atoms with Crippen LogP contribution in [0, 0.1) is 0 Å². The quantitative estimate of drug-likeness (QED) is 0.885. The molecule has 0 atom stereocenters. The summed E-state index contributed by atoms with van der Waals surface area (Å²) in [5.41, 5.74) is 1.39. The highest BCUT2D eigenvalue weighted by molar-refractivity contribution is 7.15. The Kier molecular flexibility index (Phi) is 3.21. The highest BCUT2D eigenvalue weighted by Gasteiger charge is 2.17. The average molecular weight is 274 g/mol. The molecule has 5 heteroatoms. The average Bonchev–Trinajstić information content (AvgIpc) is 2.81. The largest absolute Gasteiger partial charge is 0.507 e. The van der Waals surface area contributed by atoms with Gasteiger partial charge in [0.25, 0.3) is 5.91 Å². The van der Waals surface area contributed by atoms with Crippen LogP contribution in [0.4, 0.5) is 5.13 Å². The van der Waals surface area contributed by atoms with E-state index in [2.05, 4.69) is 10.3 Å². The Hall–Kier alpha value is -1.88. The predicted octanol–water partition coefficient (Wildman–Crippen LogP) is 2.98. The molecule has 1 heterocycles. The SMILES string of the molecule is O=C(Nc1nc2c(s1)CCCC2)c1ccccc1O. The maximum atomic E-state index is 12.0. The predicted molar refractivity (Wildman–Crippen MR) is 74.8 cm³/mol. The standard InChI is InChI=1S/C14H14N2O2S/c17-11-7-3-1-5-9(11)13(18)16-14-15-10-6-2-4-8-12(10)19-14/h1,3,5,7,17H,2,4,6,8H2,(H,15,16,18). The molecule has 19 heavy (non-hydrogen) atoms. The molecule has 1 aromatic carbocycles. The number of hydrogen-bond acceptors (Lipinski definition) is 4. The van der Waals surface area contributed by atoms with Crippen molar-refractivity contribution < 1.29 is 9.90 Å². The monoisotopic (exact) mass is 274 g/mol. The van der Waals surface area contributed by atoms with Crippen LogP contribution < -0.4 is 5.32 Å². The second-order valence-corrected chi connectivity index (χ2v) is 5.65. The molecule has 0 saturated carbocycles. The summed E-state index contributed by atoms with van der Waals surface area (Å²) in [6.45, 7) is 0. The van der Waals surface area contributed by atoms with Crippen molar-refractivity contribution in [2.24, 2.45) is 0 Å². The molecule has 3 rings (SSSR count). The number of para-hydroxylation sites is 1. The number of aryl methyl sites for hydroxylation is 2. The summed E-state index contributed by atoms with van der Waals surface area (Å²) in [4.78, 5) is 17.8. The topological polar surface area (TPSA) is 62.2 Å². The number of nitrogens with zero attached hydrogens (tertiary/aromatic N) is 1. The first-order chi connectivity index (χ1) is 9.24. The van der Waals surface area contributed by atoms with Gasteiger partial charge in [0.05, 0.1) is 11.3 Å². The van der Waals surface area contributed by atoms with E-state index in [1.54, 1.807) is 18.2 Å². The van der Waals surface area contributed by atoms with Gasteiger partial charge in [0.2, 0.25) is 0 Å². The number of nitrogens with one attached hydrogen (secondary N) is 1. The van der Waals surface area contributed by atoms with Crippen molar-refractivity contribution in [1.29, 1.82) is 0 Å². The number of carbonyl (C=O) groups excluding carboxylic acids is 1. The van der Waals surface area contributed by atoms with E-state index in [0.717, 1.165) is 18.5 Å². The molecule has 0 radical (unpaired) electrons. The van der Waals surface area contributed by atoms with Gasteiger partial charge in [-0.15, -0.1) is 11.3 Å². The summed E-state index contributed by atoms with van der Waals surface area (Å²) < 4.78 is 0. The number of carbonyl (C=O) groups is 1. The lowest BCUT2D eigenvalue weighted by Gasteiger charge is -2.06. The van der Waals surface area contributed by atoms with Crippen LogP contribution >= 0.6 is 11.3 Å². The fraction of sp³-hybridized carbons (Fsp3) is 0.286. The lowest BCUT2D eigenvalue weighted by Crippen LogP contribution is -2.11. The molecule has 98 valence electrons. The van der Waals surface area contributed by atoms with Crippen molar-refractivity contribution in [1.82, 2.24) is 4.98 Å². The van der Waals surface area contributed by atoms with Crippen molar-refractivity contribution in [3.63, 3.8) is 0 Å². The summed E-state index contributed by atoms with van der Waals surface area (Å²) in [5.74, 6) is -0.328. The molecule has 0 spiro atoms. The highest BCUT2D eigenvalue weighted by Crippen LogP contribution is 2.30. The second-order valence-electron chi connectivity index (χ2n) is 4.57. The number of benzene rings is 1. The molecule has 1 aliphatic carbocycles. The maximum absolute atomic E-state index is 12.0. The van der Waals surface area contributed by atoms with Gasteiger partial charge >= 0.3 is 0 Å². The molecule has 2 N–H and O–H groups in total. The van der Waals surface area contributed by atoms with Crippen LogP contribution in [0.5, 0.6) is 5.75 Å². The van der Waals surface area contributed by atoms with Crippen molar-refractivity contribution in [3.05, 3.63) is 40.4 Å². The fourth-order valence-electron chi connectivity index (χ4n) is 2.24.